The van der Waals surface area contributed by atoms with Crippen LogP contribution in [0.25, 0.3) is 0 Å². The molecule has 0 aromatic carbocycles. The van der Waals surface area contributed by atoms with Gasteiger partial charge in [-0.25, -0.2) is 0 Å². The number of hydrogen-bond acceptors (Lipinski definition) is 1. The Morgan fingerprint density at radius 1 is 1.64 bits per heavy atom. The van der Waals surface area contributed by atoms with Crippen molar-refractivity contribution in [2.75, 3.05) is 6.54 Å². The third kappa shape index (κ3) is 1.55. The number of nitrogens with zero attached hydrogens (tertiary/aromatic N) is 1. The van der Waals surface area contributed by atoms with Crippen molar-refractivity contribution in [1.82, 2.24) is 4.90 Å². The van der Waals surface area contributed by atoms with Crippen LogP contribution in [0.5, 0.6) is 0 Å². The maximum absolute atomic E-state index is 11.5. The monoisotopic (exact) mass is 155 g/mol. The van der Waals surface area contributed by atoms with Crippen LogP contribution in [0.3, 0.4) is 0 Å². The van der Waals surface area contributed by atoms with Crippen LogP contribution in [0.15, 0.2) is 0 Å². The van der Waals surface area contributed by atoms with Crippen molar-refractivity contribution < 1.29 is 4.79 Å². The van der Waals surface area contributed by atoms with Gasteiger partial charge in [0, 0.05) is 18.5 Å². The van der Waals surface area contributed by atoms with Crippen LogP contribution < -0.4 is 0 Å². The van der Waals surface area contributed by atoms with Gasteiger partial charge in [-0.1, -0.05) is 6.92 Å². The number of rotatable bonds is 2. The highest BCUT2D eigenvalue weighted by atomic mass is 16.2. The lowest BCUT2D eigenvalue weighted by atomic mass is 10.1. The lowest BCUT2D eigenvalue weighted by Gasteiger charge is -2.20. The summed E-state index contributed by atoms with van der Waals surface area (Å²) < 4.78 is 0. The van der Waals surface area contributed by atoms with E-state index in [0.717, 1.165) is 19.4 Å². The van der Waals surface area contributed by atoms with E-state index in [2.05, 4.69) is 20.8 Å². The Balaban J connectivity index is 2.56. The average Bonchev–Trinajstić information content (AvgIpc) is 2.30. The molecule has 0 aromatic rings. The van der Waals surface area contributed by atoms with Gasteiger partial charge in [-0.15, -0.1) is 0 Å². The molecule has 11 heavy (non-hydrogen) atoms. The van der Waals surface area contributed by atoms with Crippen LogP contribution in [0.2, 0.25) is 0 Å². The fourth-order valence-electron chi connectivity index (χ4n) is 1.65. The van der Waals surface area contributed by atoms with Crippen LogP contribution in [-0.4, -0.2) is 23.4 Å². The summed E-state index contributed by atoms with van der Waals surface area (Å²) in [6.07, 6.45) is 2.07. The predicted octanol–water partition coefficient (Wildman–Crippen LogP) is 1.65. The molecule has 1 unspecified atom stereocenters. The molecule has 2 heteroatoms. The molecule has 2 nitrogen and oxygen atoms in total. The van der Waals surface area contributed by atoms with Gasteiger partial charge in [0.1, 0.15) is 0 Å². The molecule has 0 bridgehead atoms. The van der Waals surface area contributed by atoms with E-state index in [-0.39, 0.29) is 0 Å². The van der Waals surface area contributed by atoms with E-state index in [9.17, 15) is 4.79 Å². The standard InChI is InChI=1S/C9H17NO/c1-4-8-5-6-10(7(2)3)9(8)11/h7-8H,4-6H2,1-3H3. The van der Waals surface area contributed by atoms with Gasteiger partial charge < -0.3 is 4.90 Å². The van der Waals surface area contributed by atoms with Gasteiger partial charge in [0.25, 0.3) is 0 Å². The lowest BCUT2D eigenvalue weighted by molar-refractivity contribution is -0.132. The molecule has 0 aromatic heterocycles. The maximum atomic E-state index is 11.5. The summed E-state index contributed by atoms with van der Waals surface area (Å²) in [6.45, 7) is 7.22. The zero-order valence-electron chi connectivity index (χ0n) is 7.63. The summed E-state index contributed by atoms with van der Waals surface area (Å²) in [5.74, 6) is 0.680. The fourth-order valence-corrected chi connectivity index (χ4v) is 1.65. The van der Waals surface area contributed by atoms with E-state index < -0.39 is 0 Å². The minimum absolute atomic E-state index is 0.317. The molecule has 1 aliphatic heterocycles. The van der Waals surface area contributed by atoms with Gasteiger partial charge in [0.2, 0.25) is 5.91 Å². The molecule has 1 heterocycles. The van der Waals surface area contributed by atoms with Crippen molar-refractivity contribution in [2.45, 2.75) is 39.7 Å². The Bertz CT molecular complexity index is 154. The molecule has 1 aliphatic rings. The smallest absolute Gasteiger partial charge is 0.225 e. The molecule has 1 saturated heterocycles. The van der Waals surface area contributed by atoms with Gasteiger partial charge in [-0.05, 0) is 26.7 Å². The number of carbonyl (C=O) groups is 1. The first-order chi connectivity index (χ1) is 5.16. The van der Waals surface area contributed by atoms with Crippen LogP contribution in [-0.2, 0) is 4.79 Å². The van der Waals surface area contributed by atoms with Gasteiger partial charge in [-0.3, -0.25) is 4.79 Å². The van der Waals surface area contributed by atoms with Gasteiger partial charge in [0.05, 0.1) is 0 Å². The fraction of sp³-hybridized carbons (Fsp3) is 0.889. The van der Waals surface area contributed by atoms with E-state index in [1.807, 2.05) is 4.90 Å². The van der Waals surface area contributed by atoms with Gasteiger partial charge >= 0.3 is 0 Å². The van der Waals surface area contributed by atoms with Crippen LogP contribution in [0, 0.1) is 5.92 Å². The molecule has 64 valence electrons. The normalized spacial score (nSPS) is 25.3. The minimum atomic E-state index is 0.317. The summed E-state index contributed by atoms with van der Waals surface area (Å²) in [5.41, 5.74) is 0. The Morgan fingerprint density at radius 2 is 2.27 bits per heavy atom. The number of carbonyl (C=O) groups excluding carboxylic acids is 1. The zero-order chi connectivity index (χ0) is 8.43. The quantitative estimate of drug-likeness (QED) is 0.594. The Kier molecular flexibility index (Phi) is 2.53. The van der Waals surface area contributed by atoms with Crippen LogP contribution in [0.1, 0.15) is 33.6 Å². The number of hydrogen-bond donors (Lipinski definition) is 0. The van der Waals surface area contributed by atoms with Crippen molar-refractivity contribution in [1.29, 1.82) is 0 Å². The second-order valence-electron chi connectivity index (χ2n) is 3.52. The molecule has 1 atom stereocenters. The first kappa shape index (κ1) is 8.57. The van der Waals surface area contributed by atoms with Crippen molar-refractivity contribution in [3.63, 3.8) is 0 Å². The van der Waals surface area contributed by atoms with Gasteiger partial charge in [0.15, 0.2) is 0 Å². The van der Waals surface area contributed by atoms with Crippen LogP contribution in [0.4, 0.5) is 0 Å². The molecule has 0 aliphatic carbocycles. The topological polar surface area (TPSA) is 20.3 Å². The van der Waals surface area contributed by atoms with Gasteiger partial charge in [-0.2, -0.15) is 0 Å². The summed E-state index contributed by atoms with van der Waals surface area (Å²) in [5, 5.41) is 0. The first-order valence-corrected chi connectivity index (χ1v) is 4.47. The molecule has 1 rings (SSSR count). The molecule has 0 saturated carbocycles. The zero-order valence-corrected chi connectivity index (χ0v) is 7.63. The molecule has 0 N–H and O–H groups in total. The van der Waals surface area contributed by atoms with E-state index >= 15 is 0 Å². The average molecular weight is 155 g/mol. The second kappa shape index (κ2) is 3.24. The highest BCUT2D eigenvalue weighted by Crippen LogP contribution is 2.22. The Hall–Kier alpha value is -0.530. The maximum Gasteiger partial charge on any atom is 0.225 e. The van der Waals surface area contributed by atoms with E-state index in [4.69, 9.17) is 0 Å². The first-order valence-electron chi connectivity index (χ1n) is 4.47. The third-order valence-corrected chi connectivity index (χ3v) is 2.47. The minimum Gasteiger partial charge on any atom is -0.340 e. The van der Waals surface area contributed by atoms with Crippen molar-refractivity contribution in [3.8, 4) is 0 Å². The summed E-state index contributed by atoms with van der Waals surface area (Å²) >= 11 is 0. The largest absolute Gasteiger partial charge is 0.340 e. The molecular weight excluding hydrogens is 138 g/mol. The summed E-state index contributed by atoms with van der Waals surface area (Å²) in [6, 6.07) is 0.388. The molecular formula is C9H17NO. The molecule has 0 spiro atoms. The molecule has 1 fully saturated rings. The second-order valence-corrected chi connectivity index (χ2v) is 3.52. The summed E-state index contributed by atoms with van der Waals surface area (Å²) in [7, 11) is 0. The Labute approximate surface area is 68.6 Å². The molecule has 0 radical (unpaired) electrons. The van der Waals surface area contributed by atoms with Crippen molar-refractivity contribution >= 4 is 5.91 Å². The SMILES string of the molecule is CCC1CCN(C(C)C)C1=O. The van der Waals surface area contributed by atoms with Crippen LogP contribution >= 0.6 is 0 Å². The van der Waals surface area contributed by atoms with Crippen molar-refractivity contribution in [3.05, 3.63) is 0 Å². The van der Waals surface area contributed by atoms with E-state index in [0.29, 0.717) is 17.9 Å². The predicted molar refractivity (Wildman–Crippen MR) is 45.2 cm³/mol. The lowest BCUT2D eigenvalue weighted by Crippen LogP contribution is -2.33. The molecule has 1 amide bonds. The van der Waals surface area contributed by atoms with E-state index in [1.165, 1.54) is 0 Å². The highest BCUT2D eigenvalue weighted by molar-refractivity contribution is 5.81. The Morgan fingerprint density at radius 3 is 2.55 bits per heavy atom. The van der Waals surface area contributed by atoms with Crippen molar-refractivity contribution in [2.24, 2.45) is 5.92 Å². The number of amides is 1. The highest BCUT2D eigenvalue weighted by Gasteiger charge is 2.31. The number of likely N-dealkylation sites (tertiary alicyclic amines) is 1. The summed E-state index contributed by atoms with van der Waals surface area (Å²) in [4.78, 5) is 13.5. The third-order valence-electron chi connectivity index (χ3n) is 2.47. The van der Waals surface area contributed by atoms with E-state index in [1.54, 1.807) is 0 Å².